The maximum Gasteiger partial charge on any atom is 0.353 e. The number of fused-ring (bicyclic) bond motifs is 1. The Hall–Kier alpha value is -1.88. The molecule has 2 aromatic rings. The number of nitrogens with one attached hydrogen (secondary N) is 1. The molecule has 3 rings (SSSR count). The Labute approximate surface area is 187 Å². The average molecular weight is 467 g/mol. The van der Waals surface area contributed by atoms with Crippen molar-refractivity contribution in [2.75, 3.05) is 18.2 Å². The van der Waals surface area contributed by atoms with Crippen molar-refractivity contribution in [2.24, 2.45) is 4.36 Å². The third kappa shape index (κ3) is 4.82. The fraction of sp³-hybridized carbons (Fsp3) is 0.571. The second-order valence-electron chi connectivity index (χ2n) is 9.23. The monoisotopic (exact) mass is 466 g/mol. The molecule has 2 heterocycles. The summed E-state index contributed by atoms with van der Waals surface area (Å²) in [6.45, 7) is 9.09. The van der Waals surface area contributed by atoms with Crippen molar-refractivity contribution in [3.8, 4) is 0 Å². The summed E-state index contributed by atoms with van der Waals surface area (Å²) < 4.78 is 17.3. The lowest BCUT2D eigenvalue weighted by molar-refractivity contribution is -0.00244. The number of rotatable bonds is 4. The highest BCUT2D eigenvalue weighted by molar-refractivity contribution is 7.95. The van der Waals surface area contributed by atoms with E-state index in [0.29, 0.717) is 5.69 Å². The van der Waals surface area contributed by atoms with Gasteiger partial charge < -0.3 is 15.5 Å². The van der Waals surface area contributed by atoms with Crippen LogP contribution < -0.4 is 5.32 Å². The number of aryl methyl sites for hydroxylation is 1. The predicted octanol–water partition coefficient (Wildman–Crippen LogP) is 3.52. The number of aromatic nitrogens is 2. The number of hydrogen-bond acceptors (Lipinski definition) is 7. The molecule has 10 heteroatoms. The molecular weight excluding hydrogens is 436 g/mol. The van der Waals surface area contributed by atoms with Gasteiger partial charge in [-0.15, -0.1) is 15.7 Å². The van der Waals surface area contributed by atoms with E-state index in [0.717, 1.165) is 53.1 Å². The molecule has 0 spiro atoms. The van der Waals surface area contributed by atoms with Crippen molar-refractivity contribution in [1.29, 1.82) is 0 Å². The van der Waals surface area contributed by atoms with E-state index in [1.165, 1.54) is 19.4 Å². The van der Waals surface area contributed by atoms with Crippen molar-refractivity contribution < 1.29 is 19.2 Å². The van der Waals surface area contributed by atoms with Crippen LogP contribution in [0.25, 0.3) is 0 Å². The number of pyridine rings is 1. The zero-order valence-corrected chi connectivity index (χ0v) is 20.4. The second-order valence-corrected chi connectivity index (χ2v) is 12.7. The molecule has 2 atom stereocenters. The quantitative estimate of drug-likeness (QED) is 0.633. The molecule has 2 amide bonds. The standard InChI is InChI=1S/C21H30N4O4S2/c1-12-16(13-8-7-9-14(13)23-17(12)20(2,3)4)24-19(27)25-31(6,29)15-10-22-18(30-15)21(5,28)11-26/h10,26,28H,7-9,11H2,1-6H3,(H,23,24,27). The molecule has 0 bridgehead atoms. The first kappa shape index (κ1) is 23.8. The lowest BCUT2D eigenvalue weighted by Gasteiger charge is -2.24. The molecule has 0 aliphatic heterocycles. The van der Waals surface area contributed by atoms with Crippen LogP contribution in [0.4, 0.5) is 10.5 Å². The summed E-state index contributed by atoms with van der Waals surface area (Å²) in [7, 11) is -3.08. The van der Waals surface area contributed by atoms with Gasteiger partial charge in [-0.3, -0.25) is 4.98 Å². The summed E-state index contributed by atoms with van der Waals surface area (Å²) >= 11 is 0.968. The summed E-state index contributed by atoms with van der Waals surface area (Å²) in [4.78, 5) is 21.7. The molecular formula is C21H30N4O4S2. The zero-order chi connectivity index (χ0) is 23.2. The van der Waals surface area contributed by atoms with Gasteiger partial charge in [-0.25, -0.2) is 14.0 Å². The van der Waals surface area contributed by atoms with Crippen LogP contribution in [0.5, 0.6) is 0 Å². The second kappa shape index (κ2) is 8.23. The van der Waals surface area contributed by atoms with E-state index in [4.69, 9.17) is 4.98 Å². The van der Waals surface area contributed by atoms with Gasteiger partial charge in [0.05, 0.1) is 33.9 Å². The first-order chi connectivity index (χ1) is 14.3. The van der Waals surface area contributed by atoms with E-state index in [-0.39, 0.29) is 14.6 Å². The van der Waals surface area contributed by atoms with Gasteiger partial charge >= 0.3 is 6.03 Å². The summed E-state index contributed by atoms with van der Waals surface area (Å²) in [6, 6.07) is -0.695. The van der Waals surface area contributed by atoms with Crippen molar-refractivity contribution in [3.63, 3.8) is 0 Å². The van der Waals surface area contributed by atoms with Crippen LogP contribution in [0.2, 0.25) is 0 Å². The fourth-order valence-electron chi connectivity index (χ4n) is 3.67. The highest BCUT2D eigenvalue weighted by Crippen LogP contribution is 2.36. The van der Waals surface area contributed by atoms with Crippen LogP contribution in [0.15, 0.2) is 14.8 Å². The summed E-state index contributed by atoms with van der Waals surface area (Å²) in [5.41, 5.74) is 2.84. The Morgan fingerprint density at radius 3 is 2.61 bits per heavy atom. The molecule has 0 radical (unpaired) electrons. The molecule has 8 nitrogen and oxygen atoms in total. The predicted molar refractivity (Wildman–Crippen MR) is 122 cm³/mol. The third-order valence-electron chi connectivity index (χ3n) is 5.29. The van der Waals surface area contributed by atoms with E-state index in [1.807, 2.05) is 6.92 Å². The van der Waals surface area contributed by atoms with E-state index >= 15 is 0 Å². The van der Waals surface area contributed by atoms with Crippen molar-refractivity contribution in [1.82, 2.24) is 9.97 Å². The fourth-order valence-corrected chi connectivity index (χ4v) is 6.02. The molecule has 2 aromatic heterocycles. The number of aliphatic hydroxyl groups excluding tert-OH is 1. The number of carbonyl (C=O) groups excluding carboxylic acids is 1. The summed E-state index contributed by atoms with van der Waals surface area (Å²) in [5, 5.41) is 22.5. The van der Waals surface area contributed by atoms with E-state index in [1.54, 1.807) is 0 Å². The minimum atomic E-state index is -3.08. The number of nitrogens with zero attached hydrogens (tertiary/aromatic N) is 3. The van der Waals surface area contributed by atoms with Gasteiger partial charge in [0.15, 0.2) is 0 Å². The normalized spacial score (nSPS) is 17.5. The van der Waals surface area contributed by atoms with Crippen molar-refractivity contribution >= 4 is 32.8 Å². The van der Waals surface area contributed by atoms with Gasteiger partial charge in [-0.05, 0) is 44.2 Å². The number of hydrogen-bond donors (Lipinski definition) is 3. The molecule has 31 heavy (non-hydrogen) atoms. The average Bonchev–Trinajstić information content (AvgIpc) is 3.32. The Morgan fingerprint density at radius 2 is 2.00 bits per heavy atom. The number of amides is 2. The van der Waals surface area contributed by atoms with Crippen LogP contribution in [0.1, 0.15) is 61.6 Å². The van der Waals surface area contributed by atoms with Gasteiger partial charge in [0.2, 0.25) is 0 Å². The first-order valence-electron chi connectivity index (χ1n) is 10.1. The third-order valence-corrected chi connectivity index (χ3v) is 8.88. The highest BCUT2D eigenvalue weighted by Gasteiger charge is 2.29. The summed E-state index contributed by atoms with van der Waals surface area (Å²) in [6.07, 6.45) is 5.38. The molecule has 1 aliphatic rings. The molecule has 0 aromatic carbocycles. The van der Waals surface area contributed by atoms with Crippen molar-refractivity contribution in [3.05, 3.63) is 33.7 Å². The van der Waals surface area contributed by atoms with Gasteiger partial charge in [0.25, 0.3) is 0 Å². The Balaban J connectivity index is 1.96. The molecule has 2 unspecified atom stereocenters. The van der Waals surface area contributed by atoms with E-state index < -0.39 is 28.0 Å². The number of thiazole rings is 1. The SMILES string of the molecule is Cc1c(C(C)(C)C)nc2c(c1NC(=O)N=S(C)(=O)c1cnc(C(C)(O)CO)s1)CCC2. The largest absolute Gasteiger partial charge is 0.393 e. The molecule has 3 N–H and O–H groups in total. The zero-order valence-electron chi connectivity index (χ0n) is 18.8. The number of urea groups is 1. The number of carbonyl (C=O) groups is 1. The Morgan fingerprint density at radius 1 is 1.32 bits per heavy atom. The highest BCUT2D eigenvalue weighted by atomic mass is 32.2. The number of aliphatic hydroxyl groups is 2. The minimum Gasteiger partial charge on any atom is -0.393 e. The van der Waals surface area contributed by atoms with Crippen LogP contribution in [0, 0.1) is 6.92 Å². The van der Waals surface area contributed by atoms with Gasteiger partial charge in [-0.2, -0.15) is 0 Å². The smallest absolute Gasteiger partial charge is 0.353 e. The van der Waals surface area contributed by atoms with Gasteiger partial charge in [-0.1, -0.05) is 20.8 Å². The van der Waals surface area contributed by atoms with Crippen molar-refractivity contribution in [2.45, 2.75) is 69.1 Å². The van der Waals surface area contributed by atoms with E-state index in [9.17, 15) is 19.2 Å². The van der Waals surface area contributed by atoms with Crippen LogP contribution in [-0.2, 0) is 33.6 Å². The Kier molecular flexibility index (Phi) is 6.31. The van der Waals surface area contributed by atoms with Crippen LogP contribution in [-0.4, -0.2) is 43.3 Å². The Bertz CT molecular complexity index is 1140. The first-order valence-corrected chi connectivity index (χ1v) is 12.9. The molecule has 0 saturated carbocycles. The van der Waals surface area contributed by atoms with Crippen LogP contribution in [0.3, 0.4) is 0 Å². The molecule has 1 aliphatic carbocycles. The minimum absolute atomic E-state index is 0.181. The molecule has 0 saturated heterocycles. The topological polar surface area (TPSA) is 125 Å². The maximum absolute atomic E-state index is 13.1. The summed E-state index contributed by atoms with van der Waals surface area (Å²) in [5.74, 6) is 0. The lowest BCUT2D eigenvalue weighted by atomic mass is 9.87. The van der Waals surface area contributed by atoms with Gasteiger partial charge in [0, 0.05) is 17.4 Å². The molecule has 170 valence electrons. The lowest BCUT2D eigenvalue weighted by Crippen LogP contribution is -2.25. The van der Waals surface area contributed by atoms with E-state index in [2.05, 4.69) is 35.4 Å². The van der Waals surface area contributed by atoms with Crippen LogP contribution >= 0.6 is 11.3 Å². The molecule has 0 fully saturated rings. The van der Waals surface area contributed by atoms with Gasteiger partial charge in [0.1, 0.15) is 14.8 Å². The number of anilines is 1. The maximum atomic E-state index is 13.1.